The summed E-state index contributed by atoms with van der Waals surface area (Å²) in [4.78, 5) is 20.9. The maximum absolute atomic E-state index is 12.9. The summed E-state index contributed by atoms with van der Waals surface area (Å²) in [6.07, 6.45) is 3.36. The van der Waals surface area contributed by atoms with E-state index in [0.717, 1.165) is 11.1 Å². The number of hydrogen-bond acceptors (Lipinski definition) is 4. The van der Waals surface area contributed by atoms with Gasteiger partial charge in [0.05, 0.1) is 6.54 Å². The monoisotopic (exact) mass is 403 g/mol. The Labute approximate surface area is 152 Å². The van der Waals surface area contributed by atoms with Gasteiger partial charge in [-0.25, -0.2) is 4.39 Å². The largest absolute Gasteiger partial charge is 0.472 e. The third-order valence-electron chi connectivity index (χ3n) is 3.65. The summed E-state index contributed by atoms with van der Waals surface area (Å²) in [5.41, 5.74) is 1.51. The molecule has 0 unspecified atom stereocenters. The molecule has 3 aromatic rings. The smallest absolute Gasteiger partial charge is 0.272 e. The van der Waals surface area contributed by atoms with Gasteiger partial charge in [-0.1, -0.05) is 12.1 Å². The van der Waals surface area contributed by atoms with Crippen molar-refractivity contribution in [3.05, 3.63) is 86.4 Å². The van der Waals surface area contributed by atoms with Gasteiger partial charge in [0.1, 0.15) is 22.7 Å². The molecule has 0 fully saturated rings. The molecular formula is C18H15BrFN3O2. The molecule has 0 radical (unpaired) electrons. The molecule has 2 aromatic heterocycles. The van der Waals surface area contributed by atoms with Gasteiger partial charge in [0, 0.05) is 12.4 Å². The van der Waals surface area contributed by atoms with Crippen LogP contribution in [0.5, 0.6) is 5.88 Å². The first-order chi connectivity index (χ1) is 12.0. The zero-order valence-corrected chi connectivity index (χ0v) is 15.0. The normalized spacial score (nSPS) is 10.7. The van der Waals surface area contributed by atoms with E-state index in [9.17, 15) is 9.18 Å². The minimum Gasteiger partial charge on any atom is -0.472 e. The molecule has 2 heterocycles. The second-order valence-electron chi connectivity index (χ2n) is 5.44. The van der Waals surface area contributed by atoms with Crippen molar-refractivity contribution in [2.24, 2.45) is 0 Å². The maximum atomic E-state index is 12.9. The predicted molar refractivity (Wildman–Crippen MR) is 95.0 cm³/mol. The molecule has 5 nitrogen and oxygen atoms in total. The molecule has 1 aromatic carbocycles. The van der Waals surface area contributed by atoms with Crippen LogP contribution in [0, 0.1) is 12.7 Å². The third-order valence-corrected chi connectivity index (χ3v) is 4.33. The molecule has 0 bridgehead atoms. The summed E-state index contributed by atoms with van der Waals surface area (Å²) in [5, 5.41) is 0. The minimum atomic E-state index is -0.308. The summed E-state index contributed by atoms with van der Waals surface area (Å²) in [6.45, 7) is 2.34. The summed E-state index contributed by atoms with van der Waals surface area (Å²) in [5.74, 6) is 0.453. The quantitative estimate of drug-likeness (QED) is 0.654. The summed E-state index contributed by atoms with van der Waals surface area (Å²) >= 11 is 3.27. The molecule has 128 valence electrons. The summed E-state index contributed by atoms with van der Waals surface area (Å²) < 4.78 is 20.4. The van der Waals surface area contributed by atoms with Crippen LogP contribution in [-0.2, 0) is 13.2 Å². The maximum Gasteiger partial charge on any atom is 0.272 e. The van der Waals surface area contributed by atoms with Crippen LogP contribution in [0.3, 0.4) is 0 Å². The molecule has 0 N–H and O–H groups in total. The van der Waals surface area contributed by atoms with Crippen molar-refractivity contribution in [2.75, 3.05) is 0 Å². The SMILES string of the molecule is Cc1nc(OCc2ccc(F)cc2)c(Br)c(=O)n1Cc1ccncc1. The second kappa shape index (κ2) is 7.57. The van der Waals surface area contributed by atoms with Crippen molar-refractivity contribution in [1.82, 2.24) is 14.5 Å². The molecule has 0 spiro atoms. The van der Waals surface area contributed by atoms with E-state index in [0.29, 0.717) is 12.4 Å². The Kier molecular flexibility index (Phi) is 5.23. The van der Waals surface area contributed by atoms with Gasteiger partial charge in [-0.15, -0.1) is 0 Å². The standard InChI is InChI=1S/C18H15BrFN3O2/c1-12-22-17(25-11-14-2-4-15(20)5-3-14)16(19)18(24)23(12)10-13-6-8-21-9-7-13/h2-9H,10-11H2,1H3. The molecule has 7 heteroatoms. The number of rotatable bonds is 5. The highest BCUT2D eigenvalue weighted by molar-refractivity contribution is 9.10. The molecule has 25 heavy (non-hydrogen) atoms. The fourth-order valence-corrected chi connectivity index (χ4v) is 2.72. The Morgan fingerprint density at radius 2 is 1.80 bits per heavy atom. The van der Waals surface area contributed by atoms with Gasteiger partial charge >= 0.3 is 0 Å². The van der Waals surface area contributed by atoms with Gasteiger partial charge in [0.15, 0.2) is 0 Å². The van der Waals surface area contributed by atoms with Crippen LogP contribution in [0.1, 0.15) is 17.0 Å². The van der Waals surface area contributed by atoms with E-state index in [1.54, 1.807) is 36.0 Å². The van der Waals surface area contributed by atoms with Crippen LogP contribution in [-0.4, -0.2) is 14.5 Å². The molecule has 0 saturated carbocycles. The van der Waals surface area contributed by atoms with Gasteiger partial charge in [-0.2, -0.15) is 4.98 Å². The number of aryl methyl sites for hydroxylation is 1. The van der Waals surface area contributed by atoms with E-state index in [-0.39, 0.29) is 28.3 Å². The topological polar surface area (TPSA) is 57.0 Å². The molecular weight excluding hydrogens is 389 g/mol. The van der Waals surface area contributed by atoms with Gasteiger partial charge in [-0.3, -0.25) is 14.3 Å². The van der Waals surface area contributed by atoms with Gasteiger partial charge < -0.3 is 4.74 Å². The van der Waals surface area contributed by atoms with Crippen molar-refractivity contribution in [2.45, 2.75) is 20.1 Å². The summed E-state index contributed by atoms with van der Waals surface area (Å²) in [6, 6.07) is 9.66. The van der Waals surface area contributed by atoms with Crippen LogP contribution in [0.4, 0.5) is 4.39 Å². The lowest BCUT2D eigenvalue weighted by Gasteiger charge is -2.13. The zero-order valence-electron chi connectivity index (χ0n) is 13.4. The Morgan fingerprint density at radius 1 is 1.12 bits per heavy atom. The lowest BCUT2D eigenvalue weighted by Crippen LogP contribution is -2.25. The first kappa shape index (κ1) is 17.3. The Bertz CT molecular complexity index is 928. The highest BCUT2D eigenvalue weighted by atomic mass is 79.9. The van der Waals surface area contributed by atoms with Crippen molar-refractivity contribution >= 4 is 15.9 Å². The predicted octanol–water partition coefficient (Wildman–Crippen LogP) is 3.48. The van der Waals surface area contributed by atoms with Crippen molar-refractivity contribution < 1.29 is 9.13 Å². The number of ether oxygens (including phenoxy) is 1. The van der Waals surface area contributed by atoms with Crippen LogP contribution >= 0.6 is 15.9 Å². The zero-order chi connectivity index (χ0) is 17.8. The number of benzene rings is 1. The first-order valence-electron chi connectivity index (χ1n) is 7.57. The van der Waals surface area contributed by atoms with Gasteiger partial charge in [-0.05, 0) is 58.2 Å². The van der Waals surface area contributed by atoms with E-state index in [1.807, 2.05) is 12.1 Å². The molecule has 0 aliphatic heterocycles. The van der Waals surface area contributed by atoms with E-state index < -0.39 is 0 Å². The number of nitrogens with zero attached hydrogens (tertiary/aromatic N) is 3. The minimum absolute atomic E-state index is 0.194. The van der Waals surface area contributed by atoms with Gasteiger partial charge in [0.2, 0.25) is 5.88 Å². The van der Waals surface area contributed by atoms with Gasteiger partial charge in [0.25, 0.3) is 5.56 Å². The summed E-state index contributed by atoms with van der Waals surface area (Å²) in [7, 11) is 0. The lowest BCUT2D eigenvalue weighted by atomic mass is 10.2. The third kappa shape index (κ3) is 4.11. The number of aromatic nitrogens is 3. The Morgan fingerprint density at radius 3 is 2.48 bits per heavy atom. The fraction of sp³-hybridized carbons (Fsp3) is 0.167. The average molecular weight is 404 g/mol. The van der Waals surface area contributed by atoms with E-state index in [2.05, 4.69) is 25.9 Å². The van der Waals surface area contributed by atoms with Crippen LogP contribution in [0.2, 0.25) is 0 Å². The molecule has 0 saturated heterocycles. The second-order valence-corrected chi connectivity index (χ2v) is 6.23. The van der Waals surface area contributed by atoms with Crippen LogP contribution in [0.15, 0.2) is 58.1 Å². The van der Waals surface area contributed by atoms with Crippen molar-refractivity contribution in [3.63, 3.8) is 0 Å². The fourth-order valence-electron chi connectivity index (χ4n) is 2.30. The highest BCUT2D eigenvalue weighted by Gasteiger charge is 2.14. The average Bonchev–Trinajstić information content (AvgIpc) is 2.63. The van der Waals surface area contributed by atoms with E-state index in [1.165, 1.54) is 12.1 Å². The molecule has 0 amide bonds. The van der Waals surface area contributed by atoms with Crippen molar-refractivity contribution in [3.8, 4) is 5.88 Å². The number of hydrogen-bond donors (Lipinski definition) is 0. The first-order valence-corrected chi connectivity index (χ1v) is 8.37. The number of halogens is 2. The number of pyridine rings is 1. The molecule has 0 aliphatic rings. The Hall–Kier alpha value is -2.54. The molecule has 0 aliphatic carbocycles. The van der Waals surface area contributed by atoms with Crippen LogP contribution < -0.4 is 10.3 Å². The molecule has 3 rings (SSSR count). The van der Waals surface area contributed by atoms with E-state index >= 15 is 0 Å². The van der Waals surface area contributed by atoms with Crippen LogP contribution in [0.25, 0.3) is 0 Å². The highest BCUT2D eigenvalue weighted by Crippen LogP contribution is 2.20. The lowest BCUT2D eigenvalue weighted by molar-refractivity contribution is 0.288. The Balaban J connectivity index is 1.82. The molecule has 0 atom stereocenters. The van der Waals surface area contributed by atoms with E-state index in [4.69, 9.17) is 4.74 Å². The van der Waals surface area contributed by atoms with Crippen molar-refractivity contribution in [1.29, 1.82) is 0 Å².